The lowest BCUT2D eigenvalue weighted by molar-refractivity contribution is -0.171. The van der Waals surface area contributed by atoms with E-state index in [0.29, 0.717) is 35.7 Å². The Kier molecular flexibility index (Phi) is 6.82. The van der Waals surface area contributed by atoms with Gasteiger partial charge in [-0.1, -0.05) is 0 Å². The number of nitrogens with zero attached hydrogens (tertiary/aromatic N) is 3. The molecule has 3 aromatic heterocycles. The number of fused-ring (bicyclic) bond motifs is 3. The topological polar surface area (TPSA) is 112 Å². The first kappa shape index (κ1) is 26.7. The first-order chi connectivity index (χ1) is 19.6. The maximum Gasteiger partial charge on any atom is 0.420 e. The van der Waals surface area contributed by atoms with Crippen molar-refractivity contribution in [1.82, 2.24) is 14.9 Å². The molecule has 3 aliphatic heterocycles. The van der Waals surface area contributed by atoms with Crippen molar-refractivity contribution < 1.29 is 31.9 Å². The average Bonchev–Trinajstić information content (AvgIpc) is 3.37. The van der Waals surface area contributed by atoms with Crippen LogP contribution in [0.3, 0.4) is 0 Å². The Morgan fingerprint density at radius 1 is 1.05 bits per heavy atom. The van der Waals surface area contributed by atoms with Crippen LogP contribution in [0.2, 0.25) is 0 Å². The van der Waals surface area contributed by atoms with Gasteiger partial charge in [-0.2, -0.15) is 13.2 Å². The lowest BCUT2D eigenvalue weighted by Gasteiger charge is -2.46. The molecule has 3 aliphatic rings. The zero-order valence-corrected chi connectivity index (χ0v) is 21.7. The Morgan fingerprint density at radius 2 is 1.83 bits per heavy atom. The number of hydrogen-bond acceptors (Lipinski definition) is 7. The molecule has 8 nitrogen and oxygen atoms in total. The number of aromatic nitrogens is 2. The number of anilines is 1. The summed E-state index contributed by atoms with van der Waals surface area (Å²) < 4.78 is 53.2. The van der Waals surface area contributed by atoms with Crippen LogP contribution in [0.5, 0.6) is 0 Å². The van der Waals surface area contributed by atoms with Gasteiger partial charge in [0.05, 0.1) is 29.0 Å². The van der Waals surface area contributed by atoms with E-state index >= 15 is 0 Å². The van der Waals surface area contributed by atoms with Crippen LogP contribution in [0.25, 0.3) is 28.3 Å². The molecule has 0 aliphatic carbocycles. The number of hydrogen-bond donors (Lipinski definition) is 1. The van der Waals surface area contributed by atoms with Crippen LogP contribution in [-0.4, -0.2) is 51.9 Å². The Morgan fingerprint density at radius 3 is 2.49 bits per heavy atom. The van der Waals surface area contributed by atoms with Gasteiger partial charge in [-0.25, -0.2) is 4.98 Å². The first-order valence-corrected chi connectivity index (χ1v) is 13.1. The lowest BCUT2D eigenvalue weighted by atomic mass is 9.98. The molecule has 3 fully saturated rings. The molecular weight excluding hydrogens is 537 g/mol. The monoisotopic (exact) mass is 562 g/mol. The van der Waals surface area contributed by atoms with E-state index in [1.807, 2.05) is 0 Å². The second-order valence-electron chi connectivity index (χ2n) is 10.2. The zero-order valence-electron chi connectivity index (χ0n) is 21.7. The van der Waals surface area contributed by atoms with Crippen LogP contribution >= 0.6 is 0 Å². The Labute approximate surface area is 232 Å². The number of morpholine rings is 1. The van der Waals surface area contributed by atoms with Gasteiger partial charge in [-0.05, 0) is 60.2 Å². The predicted molar refractivity (Wildman–Crippen MR) is 145 cm³/mol. The third-order valence-electron chi connectivity index (χ3n) is 7.21. The summed E-state index contributed by atoms with van der Waals surface area (Å²) in [4.78, 5) is 35.2. The van der Waals surface area contributed by atoms with Crippen molar-refractivity contribution in [3.63, 3.8) is 0 Å². The molecule has 0 radical (unpaired) electrons. The number of ether oxygens (including phenoxy) is 1. The molecule has 2 bridgehead atoms. The van der Waals surface area contributed by atoms with Gasteiger partial charge >= 0.3 is 6.18 Å². The minimum atomic E-state index is -4.68. The van der Waals surface area contributed by atoms with Gasteiger partial charge in [0.2, 0.25) is 0 Å². The molecule has 7 rings (SSSR count). The minimum absolute atomic E-state index is 0.0502. The van der Waals surface area contributed by atoms with Crippen molar-refractivity contribution in [3.05, 3.63) is 83.4 Å². The largest absolute Gasteiger partial charge is 0.460 e. The van der Waals surface area contributed by atoms with Gasteiger partial charge in [0, 0.05) is 55.7 Å². The van der Waals surface area contributed by atoms with Gasteiger partial charge in [-0.3, -0.25) is 14.6 Å². The number of nitrogens with two attached hydrogens (primary N) is 1. The molecule has 4 aromatic rings. The van der Waals surface area contributed by atoms with Crippen LogP contribution < -0.4 is 5.73 Å². The highest BCUT2D eigenvalue weighted by Gasteiger charge is 2.40. The number of pyridine rings is 2. The second-order valence-corrected chi connectivity index (χ2v) is 10.2. The number of rotatable bonds is 7. The number of amides is 1. The van der Waals surface area contributed by atoms with Crippen LogP contribution in [0, 0.1) is 0 Å². The van der Waals surface area contributed by atoms with Gasteiger partial charge < -0.3 is 19.8 Å². The highest BCUT2D eigenvalue weighted by Crippen LogP contribution is 2.39. The van der Waals surface area contributed by atoms with E-state index < -0.39 is 11.7 Å². The van der Waals surface area contributed by atoms with Crippen LogP contribution in [0.1, 0.15) is 40.1 Å². The number of carbonyl (C=O) groups is 2. The van der Waals surface area contributed by atoms with Gasteiger partial charge in [0.15, 0.2) is 5.78 Å². The van der Waals surface area contributed by atoms with Crippen molar-refractivity contribution in [2.45, 2.75) is 37.6 Å². The fraction of sp³-hybridized carbons (Fsp3) is 0.267. The number of furan rings is 1. The smallest absolute Gasteiger partial charge is 0.420 e. The maximum atomic E-state index is 14.0. The van der Waals surface area contributed by atoms with Gasteiger partial charge in [0.25, 0.3) is 5.91 Å². The van der Waals surface area contributed by atoms with E-state index in [4.69, 9.17) is 14.9 Å². The third-order valence-corrected chi connectivity index (χ3v) is 7.21. The number of carbonyl (C=O) groups excluding carboxylic acids is 2. The quantitative estimate of drug-likeness (QED) is 0.304. The van der Waals surface area contributed by atoms with E-state index in [0.717, 1.165) is 12.5 Å². The fourth-order valence-corrected chi connectivity index (χ4v) is 5.12. The van der Waals surface area contributed by atoms with Crippen molar-refractivity contribution in [1.29, 1.82) is 0 Å². The normalized spacial score (nSPS) is 18.6. The number of halogens is 3. The van der Waals surface area contributed by atoms with Crippen molar-refractivity contribution >= 4 is 34.6 Å². The molecular formula is C30H25F3N4O4. The van der Waals surface area contributed by atoms with E-state index in [1.54, 1.807) is 41.3 Å². The highest BCUT2D eigenvalue weighted by atomic mass is 19.4. The lowest BCUT2D eigenvalue weighted by Crippen LogP contribution is -2.58. The van der Waals surface area contributed by atoms with Crippen molar-refractivity contribution in [2.24, 2.45) is 0 Å². The van der Waals surface area contributed by atoms with Crippen molar-refractivity contribution in [2.75, 3.05) is 18.8 Å². The average molecular weight is 563 g/mol. The number of alkyl halides is 3. The third kappa shape index (κ3) is 5.71. The number of allylic oxidation sites excluding steroid dienone is 1. The molecule has 2 unspecified atom stereocenters. The maximum absolute atomic E-state index is 14.0. The molecule has 1 amide bonds. The number of ketones is 1. The van der Waals surface area contributed by atoms with Crippen LogP contribution in [0.4, 0.5) is 19.0 Å². The first-order valence-electron chi connectivity index (χ1n) is 13.1. The standard InChI is InChI=1S/C30H25F3N4O4/c31-30(32,33)25-11-19(26-7-3-18(14-35-26)29(39)37-15-23-12-24(16-37)40-23)9-20-10-22(41-28(20)25)6-5-21(38)4-1-17-2-8-27(34)36-13-17/h1-4,7-11,13-14,23-24H,5-6,12,15-16H2,(H2,34,36)/b4-1+. The fourth-order valence-electron chi connectivity index (χ4n) is 5.12. The van der Waals surface area contributed by atoms with E-state index in [1.165, 1.54) is 24.5 Å². The molecule has 2 N–H and O–H groups in total. The summed E-state index contributed by atoms with van der Waals surface area (Å²) in [5.41, 5.74) is 5.90. The highest BCUT2D eigenvalue weighted by molar-refractivity contribution is 5.95. The summed E-state index contributed by atoms with van der Waals surface area (Å²) in [6.45, 7) is 1.04. The SMILES string of the molecule is Nc1ccc(/C=C/C(=O)CCc2cc3cc(-c4ccc(C(=O)N5CC6CC(C5)O6)cn4)cc(C(F)(F)F)c3o2)cn1. The summed E-state index contributed by atoms with van der Waals surface area (Å²) in [5.74, 6) is 0.230. The molecule has 1 aromatic carbocycles. The molecule has 41 heavy (non-hydrogen) atoms. The molecule has 11 heteroatoms. The van der Waals surface area contributed by atoms with E-state index in [-0.39, 0.29) is 59.0 Å². The molecule has 0 saturated carbocycles. The molecule has 2 atom stereocenters. The zero-order chi connectivity index (χ0) is 28.7. The van der Waals surface area contributed by atoms with Gasteiger partial charge in [0.1, 0.15) is 17.2 Å². The Bertz CT molecular complexity index is 1630. The second kappa shape index (κ2) is 10.5. The minimum Gasteiger partial charge on any atom is -0.460 e. The van der Waals surface area contributed by atoms with E-state index in [2.05, 4.69) is 9.97 Å². The number of piperidine rings is 1. The van der Waals surface area contributed by atoms with Crippen LogP contribution in [0.15, 0.2) is 65.4 Å². The number of aryl methyl sites for hydroxylation is 1. The number of benzene rings is 1. The Hall–Kier alpha value is -4.51. The predicted octanol–water partition coefficient (Wildman–Crippen LogP) is 5.32. The summed E-state index contributed by atoms with van der Waals surface area (Å²) in [6.07, 6.45) is 2.49. The van der Waals surface area contributed by atoms with Crippen LogP contribution in [-0.2, 0) is 22.1 Å². The molecule has 210 valence electrons. The Balaban J connectivity index is 1.19. The van der Waals surface area contributed by atoms with E-state index in [9.17, 15) is 22.8 Å². The van der Waals surface area contributed by atoms with Gasteiger partial charge in [-0.15, -0.1) is 0 Å². The summed E-state index contributed by atoms with van der Waals surface area (Å²) in [5, 5.41) is 0.246. The molecule has 6 heterocycles. The summed E-state index contributed by atoms with van der Waals surface area (Å²) >= 11 is 0. The molecule has 0 spiro atoms. The molecule has 3 saturated heterocycles. The summed E-state index contributed by atoms with van der Waals surface area (Å²) in [7, 11) is 0. The number of nitrogen functional groups attached to an aromatic ring is 1. The summed E-state index contributed by atoms with van der Waals surface area (Å²) in [6, 6.07) is 10.5. The van der Waals surface area contributed by atoms with Crippen molar-refractivity contribution in [3.8, 4) is 11.3 Å².